The molecular weight excluding hydrogens is 371 g/mol. The second-order valence-corrected chi connectivity index (χ2v) is 8.59. The van der Waals surface area contributed by atoms with E-state index in [2.05, 4.69) is 5.32 Å². The summed E-state index contributed by atoms with van der Waals surface area (Å²) in [6.07, 6.45) is 2.36. The van der Waals surface area contributed by atoms with Crippen LogP contribution in [-0.2, 0) is 16.4 Å². The van der Waals surface area contributed by atoms with Crippen molar-refractivity contribution in [1.82, 2.24) is 9.62 Å². The Labute approximate surface area is 155 Å². The molecule has 0 radical (unpaired) electrons. The minimum atomic E-state index is -3.55. The Balaban J connectivity index is 0.00000208. The van der Waals surface area contributed by atoms with E-state index in [1.807, 2.05) is 13.8 Å². The van der Waals surface area contributed by atoms with Gasteiger partial charge in [-0.15, -0.1) is 12.4 Å². The molecule has 3 rings (SSSR count). The SMILES string of the molecule is CCCN(C1CCNC1)S(=O)(=O)c1cc(Cl)c2c(c1)CC(C)O2.Cl. The summed E-state index contributed by atoms with van der Waals surface area (Å²) >= 11 is 6.27. The van der Waals surface area contributed by atoms with Crippen LogP contribution in [0.25, 0.3) is 0 Å². The largest absolute Gasteiger partial charge is 0.489 e. The van der Waals surface area contributed by atoms with E-state index in [1.54, 1.807) is 10.4 Å². The lowest BCUT2D eigenvalue weighted by Crippen LogP contribution is -2.42. The molecule has 1 fully saturated rings. The van der Waals surface area contributed by atoms with Crippen LogP contribution in [-0.4, -0.2) is 44.5 Å². The van der Waals surface area contributed by atoms with Gasteiger partial charge in [0.15, 0.2) is 0 Å². The van der Waals surface area contributed by atoms with Gasteiger partial charge in [-0.2, -0.15) is 4.31 Å². The monoisotopic (exact) mass is 394 g/mol. The number of hydrogen-bond acceptors (Lipinski definition) is 4. The molecule has 0 aromatic heterocycles. The Hall–Kier alpha value is -0.530. The Kier molecular flexibility index (Phi) is 6.42. The van der Waals surface area contributed by atoms with E-state index in [0.29, 0.717) is 30.3 Å². The van der Waals surface area contributed by atoms with E-state index < -0.39 is 10.0 Å². The predicted octanol–water partition coefficient (Wildman–Crippen LogP) is 2.85. The van der Waals surface area contributed by atoms with Crippen molar-refractivity contribution in [3.05, 3.63) is 22.7 Å². The Morgan fingerprint density at radius 1 is 1.42 bits per heavy atom. The lowest BCUT2D eigenvalue weighted by atomic mass is 10.1. The number of hydrogen-bond donors (Lipinski definition) is 1. The van der Waals surface area contributed by atoms with Crippen LogP contribution in [0.5, 0.6) is 5.75 Å². The van der Waals surface area contributed by atoms with Gasteiger partial charge in [0.05, 0.1) is 9.92 Å². The van der Waals surface area contributed by atoms with Crippen molar-refractivity contribution in [3.63, 3.8) is 0 Å². The van der Waals surface area contributed by atoms with Crippen molar-refractivity contribution in [2.24, 2.45) is 0 Å². The molecule has 1 aromatic rings. The van der Waals surface area contributed by atoms with Crippen LogP contribution in [0.2, 0.25) is 5.02 Å². The Morgan fingerprint density at radius 2 is 2.17 bits per heavy atom. The second-order valence-electron chi connectivity index (χ2n) is 6.29. The highest BCUT2D eigenvalue weighted by Gasteiger charge is 2.34. The number of ether oxygens (including phenoxy) is 1. The molecule has 1 saturated heterocycles. The first-order valence-electron chi connectivity index (χ1n) is 8.15. The van der Waals surface area contributed by atoms with Gasteiger partial charge in [-0.25, -0.2) is 8.42 Å². The van der Waals surface area contributed by atoms with Crippen molar-refractivity contribution in [2.75, 3.05) is 19.6 Å². The topological polar surface area (TPSA) is 58.6 Å². The maximum Gasteiger partial charge on any atom is 0.243 e. The number of benzene rings is 1. The fourth-order valence-electron chi connectivity index (χ4n) is 3.35. The van der Waals surface area contributed by atoms with E-state index in [9.17, 15) is 8.42 Å². The third kappa shape index (κ3) is 3.68. The summed E-state index contributed by atoms with van der Waals surface area (Å²) in [5.74, 6) is 0.627. The average Bonchev–Trinajstić information content (AvgIpc) is 3.13. The highest BCUT2D eigenvalue weighted by molar-refractivity contribution is 7.89. The van der Waals surface area contributed by atoms with E-state index in [4.69, 9.17) is 16.3 Å². The van der Waals surface area contributed by atoms with Gasteiger partial charge in [0.25, 0.3) is 0 Å². The average molecular weight is 395 g/mol. The molecule has 2 heterocycles. The molecule has 0 amide bonds. The minimum Gasteiger partial charge on any atom is -0.489 e. The van der Waals surface area contributed by atoms with E-state index in [0.717, 1.165) is 24.9 Å². The van der Waals surface area contributed by atoms with E-state index in [-0.39, 0.29) is 29.4 Å². The van der Waals surface area contributed by atoms with Crippen LogP contribution in [0.3, 0.4) is 0 Å². The first-order chi connectivity index (χ1) is 10.9. The summed E-state index contributed by atoms with van der Waals surface area (Å²) in [6.45, 7) is 6.04. The molecule has 0 aliphatic carbocycles. The fraction of sp³-hybridized carbons (Fsp3) is 0.625. The molecule has 136 valence electrons. The van der Waals surface area contributed by atoms with Crippen LogP contribution in [0.1, 0.15) is 32.3 Å². The second kappa shape index (κ2) is 7.79. The van der Waals surface area contributed by atoms with Crippen molar-refractivity contribution < 1.29 is 13.2 Å². The molecule has 2 atom stereocenters. The van der Waals surface area contributed by atoms with Crippen molar-refractivity contribution in [1.29, 1.82) is 0 Å². The zero-order valence-corrected chi connectivity index (χ0v) is 16.3. The van der Waals surface area contributed by atoms with Crippen LogP contribution in [0, 0.1) is 0 Å². The third-order valence-electron chi connectivity index (χ3n) is 4.41. The number of nitrogens with zero attached hydrogens (tertiary/aromatic N) is 1. The number of rotatable bonds is 5. The summed E-state index contributed by atoms with van der Waals surface area (Å²) in [7, 11) is -3.55. The molecule has 5 nitrogen and oxygen atoms in total. The standard InChI is InChI=1S/C16H23ClN2O3S.ClH/c1-3-6-19(13-4-5-18-10-13)23(20,21)14-8-12-7-11(2)22-16(12)15(17)9-14;/h8-9,11,13,18H,3-7,10H2,1-2H3;1H. The Morgan fingerprint density at radius 3 is 2.79 bits per heavy atom. The normalized spacial score (nSPS) is 23.0. The summed E-state index contributed by atoms with van der Waals surface area (Å²) in [6, 6.07) is 3.27. The maximum absolute atomic E-state index is 13.1. The number of sulfonamides is 1. The summed E-state index contributed by atoms with van der Waals surface area (Å²) in [5.41, 5.74) is 0.879. The third-order valence-corrected chi connectivity index (χ3v) is 6.62. The van der Waals surface area contributed by atoms with Gasteiger partial charge >= 0.3 is 0 Å². The predicted molar refractivity (Wildman–Crippen MR) is 98.0 cm³/mol. The van der Waals surface area contributed by atoms with Crippen molar-refractivity contribution in [3.8, 4) is 5.75 Å². The summed E-state index contributed by atoms with van der Waals surface area (Å²) in [4.78, 5) is 0.277. The number of nitrogens with one attached hydrogen (secondary N) is 1. The minimum absolute atomic E-state index is 0. The zero-order chi connectivity index (χ0) is 16.6. The van der Waals surface area contributed by atoms with E-state index >= 15 is 0 Å². The van der Waals surface area contributed by atoms with Gasteiger partial charge in [0.1, 0.15) is 11.9 Å². The number of halogens is 2. The zero-order valence-electron chi connectivity index (χ0n) is 13.9. The Bertz CT molecular complexity index is 691. The van der Waals surface area contributed by atoms with Crippen molar-refractivity contribution >= 4 is 34.0 Å². The molecule has 2 aliphatic heterocycles. The maximum atomic E-state index is 13.1. The van der Waals surface area contributed by atoms with Crippen LogP contribution in [0.15, 0.2) is 17.0 Å². The summed E-state index contributed by atoms with van der Waals surface area (Å²) < 4.78 is 33.6. The van der Waals surface area contributed by atoms with Crippen LogP contribution >= 0.6 is 24.0 Å². The van der Waals surface area contributed by atoms with Gasteiger partial charge < -0.3 is 10.1 Å². The molecule has 0 bridgehead atoms. The molecule has 8 heteroatoms. The van der Waals surface area contributed by atoms with Gasteiger partial charge in [0, 0.05) is 31.1 Å². The van der Waals surface area contributed by atoms with Crippen LogP contribution in [0.4, 0.5) is 0 Å². The van der Waals surface area contributed by atoms with Gasteiger partial charge in [-0.05, 0) is 38.4 Å². The quantitative estimate of drug-likeness (QED) is 0.833. The number of fused-ring (bicyclic) bond motifs is 1. The molecule has 0 saturated carbocycles. The molecular formula is C16H24Cl2N2O3S. The van der Waals surface area contributed by atoms with E-state index in [1.165, 1.54) is 6.07 Å². The first kappa shape index (κ1) is 19.8. The molecule has 2 unspecified atom stereocenters. The molecule has 1 aromatic carbocycles. The lowest BCUT2D eigenvalue weighted by molar-refractivity contribution is 0.255. The summed E-state index contributed by atoms with van der Waals surface area (Å²) in [5, 5.41) is 3.62. The molecule has 2 aliphatic rings. The highest BCUT2D eigenvalue weighted by atomic mass is 35.5. The molecule has 0 spiro atoms. The van der Waals surface area contributed by atoms with Crippen LogP contribution < -0.4 is 10.1 Å². The van der Waals surface area contributed by atoms with Crippen molar-refractivity contribution in [2.45, 2.75) is 50.2 Å². The van der Waals surface area contributed by atoms with Gasteiger partial charge in [0.2, 0.25) is 10.0 Å². The fourth-order valence-corrected chi connectivity index (χ4v) is 5.52. The smallest absolute Gasteiger partial charge is 0.243 e. The highest BCUT2D eigenvalue weighted by Crippen LogP contribution is 2.38. The van der Waals surface area contributed by atoms with Gasteiger partial charge in [-0.3, -0.25) is 0 Å². The lowest BCUT2D eigenvalue weighted by Gasteiger charge is -2.27. The van der Waals surface area contributed by atoms with Gasteiger partial charge in [-0.1, -0.05) is 18.5 Å². The first-order valence-corrected chi connectivity index (χ1v) is 9.97. The molecule has 24 heavy (non-hydrogen) atoms. The molecule has 1 N–H and O–H groups in total.